The number of benzene rings is 1. The van der Waals surface area contributed by atoms with Gasteiger partial charge in [0.1, 0.15) is 0 Å². The van der Waals surface area contributed by atoms with E-state index in [1.165, 1.54) is 16.3 Å². The zero-order chi connectivity index (χ0) is 11.5. The molecule has 0 bridgehead atoms. The Hall–Kier alpha value is -1.20. The summed E-state index contributed by atoms with van der Waals surface area (Å²) in [6, 6.07) is 7.61. The van der Waals surface area contributed by atoms with Crippen molar-refractivity contribution in [3.63, 3.8) is 0 Å². The van der Waals surface area contributed by atoms with E-state index in [1.807, 2.05) is 24.3 Å². The molecule has 0 fully saturated rings. The summed E-state index contributed by atoms with van der Waals surface area (Å²) in [5.41, 5.74) is 0.948. The van der Waals surface area contributed by atoms with Crippen molar-refractivity contribution < 1.29 is 0 Å². The number of aromatic nitrogens is 3. The van der Waals surface area contributed by atoms with E-state index in [4.69, 9.17) is 11.6 Å². The van der Waals surface area contributed by atoms with Crippen LogP contribution in [-0.4, -0.2) is 14.8 Å². The molecule has 1 heterocycles. The van der Waals surface area contributed by atoms with E-state index in [0.29, 0.717) is 5.16 Å². The summed E-state index contributed by atoms with van der Waals surface area (Å²) in [5.74, 6) is 0.759. The summed E-state index contributed by atoms with van der Waals surface area (Å²) >= 11 is 7.29. The van der Waals surface area contributed by atoms with Crippen LogP contribution in [0.5, 0.6) is 0 Å². The summed E-state index contributed by atoms with van der Waals surface area (Å²) in [5, 5.41) is 7.71. The SMILES string of the molecule is Cn1c(SCc2ccc(Cl)cc2)n[nH]c1=O. The molecule has 84 valence electrons. The molecule has 0 unspecified atom stereocenters. The maximum absolute atomic E-state index is 11.1. The Labute approximate surface area is 102 Å². The Kier molecular flexibility index (Phi) is 3.36. The Bertz CT molecular complexity index is 532. The van der Waals surface area contributed by atoms with Gasteiger partial charge in [-0.05, 0) is 17.7 Å². The minimum Gasteiger partial charge on any atom is -0.273 e. The minimum atomic E-state index is -0.196. The van der Waals surface area contributed by atoms with Gasteiger partial charge in [0.25, 0.3) is 0 Å². The van der Waals surface area contributed by atoms with Crippen LogP contribution in [0.4, 0.5) is 0 Å². The molecular formula is C10H10ClN3OS. The molecule has 2 aromatic rings. The van der Waals surface area contributed by atoms with Crippen LogP contribution < -0.4 is 5.69 Å². The van der Waals surface area contributed by atoms with Gasteiger partial charge in [-0.25, -0.2) is 9.89 Å². The van der Waals surface area contributed by atoms with Crippen LogP contribution in [0.1, 0.15) is 5.56 Å². The number of hydrogen-bond acceptors (Lipinski definition) is 3. The van der Waals surface area contributed by atoms with E-state index in [1.54, 1.807) is 7.05 Å². The van der Waals surface area contributed by atoms with Gasteiger partial charge in [0.05, 0.1) is 0 Å². The van der Waals surface area contributed by atoms with Gasteiger partial charge < -0.3 is 0 Å². The van der Waals surface area contributed by atoms with Crippen molar-refractivity contribution >= 4 is 23.4 Å². The first-order valence-corrected chi connectivity index (χ1v) is 6.02. The summed E-state index contributed by atoms with van der Waals surface area (Å²) in [6.07, 6.45) is 0. The highest BCUT2D eigenvalue weighted by Crippen LogP contribution is 2.20. The molecule has 4 nitrogen and oxygen atoms in total. The standard InChI is InChI=1S/C10H10ClN3OS/c1-14-9(15)12-13-10(14)16-6-7-2-4-8(11)5-3-7/h2-5H,6H2,1H3,(H,12,15). The number of hydrogen-bond donors (Lipinski definition) is 1. The van der Waals surface area contributed by atoms with Crippen molar-refractivity contribution in [3.8, 4) is 0 Å². The average Bonchev–Trinajstić information content (AvgIpc) is 2.60. The molecule has 0 atom stereocenters. The molecule has 0 aliphatic heterocycles. The second kappa shape index (κ2) is 4.76. The van der Waals surface area contributed by atoms with Crippen LogP contribution in [0.15, 0.2) is 34.2 Å². The predicted molar refractivity (Wildman–Crippen MR) is 64.8 cm³/mol. The van der Waals surface area contributed by atoms with Gasteiger partial charge in [0.2, 0.25) is 0 Å². The summed E-state index contributed by atoms with van der Waals surface area (Å²) in [7, 11) is 1.69. The molecule has 2 rings (SSSR count). The lowest BCUT2D eigenvalue weighted by atomic mass is 10.2. The smallest absolute Gasteiger partial charge is 0.273 e. The van der Waals surface area contributed by atoms with Crippen LogP contribution in [0, 0.1) is 0 Å². The predicted octanol–water partition coefficient (Wildman–Crippen LogP) is 2.05. The Morgan fingerprint density at radius 3 is 2.69 bits per heavy atom. The normalized spacial score (nSPS) is 10.6. The van der Waals surface area contributed by atoms with Crippen molar-refractivity contribution in [2.45, 2.75) is 10.9 Å². The van der Waals surface area contributed by atoms with E-state index < -0.39 is 0 Å². The second-order valence-electron chi connectivity index (χ2n) is 3.29. The van der Waals surface area contributed by atoms with Crippen molar-refractivity contribution in [1.82, 2.24) is 14.8 Å². The molecule has 6 heteroatoms. The van der Waals surface area contributed by atoms with Gasteiger partial charge >= 0.3 is 5.69 Å². The molecule has 0 aliphatic carbocycles. The molecule has 16 heavy (non-hydrogen) atoms. The molecule has 0 radical (unpaired) electrons. The lowest BCUT2D eigenvalue weighted by molar-refractivity contribution is 0.766. The highest BCUT2D eigenvalue weighted by Gasteiger charge is 2.04. The molecule has 0 saturated heterocycles. The number of rotatable bonds is 3. The molecule has 0 amide bonds. The van der Waals surface area contributed by atoms with Crippen molar-refractivity contribution in [2.24, 2.45) is 7.05 Å². The van der Waals surface area contributed by atoms with Gasteiger partial charge in [-0.15, -0.1) is 5.10 Å². The zero-order valence-electron chi connectivity index (χ0n) is 8.61. The first-order chi connectivity index (χ1) is 7.66. The topological polar surface area (TPSA) is 50.7 Å². The molecule has 1 N–H and O–H groups in total. The van der Waals surface area contributed by atoms with Gasteiger partial charge in [0, 0.05) is 17.8 Å². The zero-order valence-corrected chi connectivity index (χ0v) is 10.2. The minimum absolute atomic E-state index is 0.196. The van der Waals surface area contributed by atoms with E-state index in [0.717, 1.165) is 16.3 Å². The van der Waals surface area contributed by atoms with E-state index in [9.17, 15) is 4.79 Å². The Morgan fingerprint density at radius 1 is 1.44 bits per heavy atom. The second-order valence-corrected chi connectivity index (χ2v) is 4.66. The number of H-pyrrole nitrogens is 1. The largest absolute Gasteiger partial charge is 0.343 e. The van der Waals surface area contributed by atoms with E-state index in [-0.39, 0.29) is 5.69 Å². The van der Waals surface area contributed by atoms with Crippen LogP contribution >= 0.6 is 23.4 Å². The first kappa shape index (κ1) is 11.3. The Balaban J connectivity index is 2.05. The third kappa shape index (κ3) is 2.48. The van der Waals surface area contributed by atoms with Crippen LogP contribution in [0.2, 0.25) is 5.02 Å². The summed E-state index contributed by atoms with van der Waals surface area (Å²) in [6.45, 7) is 0. The monoisotopic (exact) mass is 255 g/mol. The third-order valence-corrected chi connectivity index (χ3v) is 3.47. The van der Waals surface area contributed by atoms with Crippen molar-refractivity contribution in [3.05, 3.63) is 45.3 Å². The van der Waals surface area contributed by atoms with Crippen LogP contribution in [-0.2, 0) is 12.8 Å². The lowest BCUT2D eigenvalue weighted by Crippen LogP contribution is -2.12. The number of nitrogens with zero attached hydrogens (tertiary/aromatic N) is 2. The first-order valence-electron chi connectivity index (χ1n) is 4.65. The Morgan fingerprint density at radius 2 is 2.12 bits per heavy atom. The average molecular weight is 256 g/mol. The van der Waals surface area contributed by atoms with Gasteiger partial charge in [-0.1, -0.05) is 35.5 Å². The van der Waals surface area contributed by atoms with Crippen molar-refractivity contribution in [1.29, 1.82) is 0 Å². The number of nitrogens with one attached hydrogen (secondary N) is 1. The summed E-state index contributed by atoms with van der Waals surface area (Å²) in [4.78, 5) is 11.1. The maximum atomic E-state index is 11.1. The fourth-order valence-corrected chi connectivity index (χ4v) is 2.19. The number of aromatic amines is 1. The van der Waals surface area contributed by atoms with Gasteiger partial charge in [0.15, 0.2) is 5.16 Å². The summed E-state index contributed by atoms with van der Waals surface area (Å²) < 4.78 is 1.49. The highest BCUT2D eigenvalue weighted by atomic mass is 35.5. The lowest BCUT2D eigenvalue weighted by Gasteiger charge is -2.00. The van der Waals surface area contributed by atoms with Crippen LogP contribution in [0.3, 0.4) is 0 Å². The van der Waals surface area contributed by atoms with Crippen LogP contribution in [0.25, 0.3) is 0 Å². The molecular weight excluding hydrogens is 246 g/mol. The third-order valence-electron chi connectivity index (χ3n) is 2.12. The molecule has 0 saturated carbocycles. The molecule has 1 aromatic heterocycles. The number of thioether (sulfide) groups is 1. The van der Waals surface area contributed by atoms with Gasteiger partial charge in [-0.2, -0.15) is 0 Å². The quantitative estimate of drug-likeness (QED) is 0.854. The van der Waals surface area contributed by atoms with Gasteiger partial charge in [-0.3, -0.25) is 4.57 Å². The maximum Gasteiger partial charge on any atom is 0.343 e. The van der Waals surface area contributed by atoms with E-state index >= 15 is 0 Å². The molecule has 0 aliphatic rings. The fourth-order valence-electron chi connectivity index (χ4n) is 1.19. The number of halogens is 1. The van der Waals surface area contributed by atoms with Crippen molar-refractivity contribution in [2.75, 3.05) is 0 Å². The highest BCUT2D eigenvalue weighted by molar-refractivity contribution is 7.98. The molecule has 0 spiro atoms. The fraction of sp³-hybridized carbons (Fsp3) is 0.200. The molecule has 1 aromatic carbocycles. The van der Waals surface area contributed by atoms with E-state index in [2.05, 4.69) is 10.2 Å².